The number of thiazole rings is 1. The lowest BCUT2D eigenvalue weighted by Crippen LogP contribution is -2.44. The van der Waals surface area contributed by atoms with Crippen molar-refractivity contribution in [2.45, 2.75) is 31.7 Å². The van der Waals surface area contributed by atoms with Gasteiger partial charge >= 0.3 is 0 Å². The Kier molecular flexibility index (Phi) is 6.34. The minimum atomic E-state index is 0.0140. The number of benzene rings is 1. The van der Waals surface area contributed by atoms with Crippen molar-refractivity contribution in [2.75, 3.05) is 39.3 Å². The van der Waals surface area contributed by atoms with E-state index < -0.39 is 0 Å². The van der Waals surface area contributed by atoms with Crippen molar-refractivity contribution in [2.24, 2.45) is 0 Å². The van der Waals surface area contributed by atoms with Crippen LogP contribution in [0.15, 0.2) is 23.6 Å². The first-order valence-electron chi connectivity index (χ1n) is 9.28. The van der Waals surface area contributed by atoms with E-state index in [0.717, 1.165) is 42.2 Å². The molecule has 0 radical (unpaired) electrons. The van der Waals surface area contributed by atoms with Crippen molar-refractivity contribution in [3.05, 3.63) is 29.1 Å². The lowest BCUT2D eigenvalue weighted by Gasteiger charge is -2.35. The molecular formula is C20H27N3O3S. The predicted octanol–water partition coefficient (Wildman–Crippen LogP) is 3.26. The SMILES string of the molecule is COc1ccc(C(=O)N2CCCCC2CCO)cc1-c1csc(N(C)C)n1. The Labute approximate surface area is 164 Å². The van der Waals surface area contributed by atoms with Crippen molar-refractivity contribution in [1.82, 2.24) is 9.88 Å². The molecule has 1 aliphatic heterocycles. The highest BCUT2D eigenvalue weighted by atomic mass is 32.1. The van der Waals surface area contributed by atoms with Gasteiger partial charge in [0.25, 0.3) is 5.91 Å². The first-order chi connectivity index (χ1) is 13.0. The van der Waals surface area contributed by atoms with E-state index in [1.165, 1.54) is 0 Å². The van der Waals surface area contributed by atoms with Gasteiger partial charge in [-0.1, -0.05) is 0 Å². The van der Waals surface area contributed by atoms with E-state index in [1.54, 1.807) is 18.4 Å². The van der Waals surface area contributed by atoms with Crippen LogP contribution in [0, 0.1) is 0 Å². The fourth-order valence-corrected chi connectivity index (χ4v) is 4.28. The van der Waals surface area contributed by atoms with Crippen LogP contribution in [0.2, 0.25) is 0 Å². The standard InChI is InChI=1S/C20H27N3O3S/c1-22(2)20-21-17(13-27-20)16-12-14(7-8-18(16)26-3)19(25)23-10-5-4-6-15(23)9-11-24/h7-8,12-13,15,24H,4-6,9-11H2,1-3H3. The minimum Gasteiger partial charge on any atom is -0.496 e. The first kappa shape index (κ1) is 19.6. The van der Waals surface area contributed by atoms with Crippen molar-refractivity contribution >= 4 is 22.4 Å². The number of methoxy groups -OCH3 is 1. The summed E-state index contributed by atoms with van der Waals surface area (Å²) in [7, 11) is 5.54. The van der Waals surface area contributed by atoms with Crippen LogP contribution in [0.1, 0.15) is 36.0 Å². The van der Waals surface area contributed by atoms with Gasteiger partial charge < -0.3 is 19.6 Å². The largest absolute Gasteiger partial charge is 0.496 e. The topological polar surface area (TPSA) is 65.9 Å². The van der Waals surface area contributed by atoms with Crippen molar-refractivity contribution < 1.29 is 14.6 Å². The van der Waals surface area contributed by atoms with Crippen LogP contribution >= 0.6 is 11.3 Å². The fourth-order valence-electron chi connectivity index (χ4n) is 3.52. The zero-order valence-electron chi connectivity index (χ0n) is 16.1. The number of aliphatic hydroxyl groups excluding tert-OH is 1. The summed E-state index contributed by atoms with van der Waals surface area (Å²) < 4.78 is 5.50. The average Bonchev–Trinajstić information content (AvgIpc) is 3.18. The number of rotatable bonds is 6. The van der Waals surface area contributed by atoms with Crippen molar-refractivity contribution in [1.29, 1.82) is 0 Å². The number of hydrogen-bond donors (Lipinski definition) is 1. The number of nitrogens with zero attached hydrogens (tertiary/aromatic N) is 3. The first-order valence-corrected chi connectivity index (χ1v) is 10.2. The maximum absolute atomic E-state index is 13.2. The monoisotopic (exact) mass is 389 g/mol. The van der Waals surface area contributed by atoms with Gasteiger partial charge in [-0.2, -0.15) is 0 Å². The molecule has 6 nitrogen and oxygen atoms in total. The number of carbonyl (C=O) groups excluding carboxylic acids is 1. The number of anilines is 1. The Morgan fingerprint density at radius 2 is 2.22 bits per heavy atom. The second-order valence-corrected chi connectivity index (χ2v) is 7.82. The van der Waals surface area contributed by atoms with Crippen LogP contribution < -0.4 is 9.64 Å². The molecule has 1 fully saturated rings. The van der Waals surface area contributed by atoms with Crippen LogP contribution in [-0.4, -0.2) is 61.3 Å². The number of hydrogen-bond acceptors (Lipinski definition) is 6. The van der Waals surface area contributed by atoms with Gasteiger partial charge in [-0.15, -0.1) is 11.3 Å². The number of carbonyl (C=O) groups is 1. The molecule has 1 aromatic carbocycles. The Balaban J connectivity index is 1.93. The van der Waals surface area contributed by atoms with Crippen LogP contribution in [0.3, 0.4) is 0 Å². The Morgan fingerprint density at radius 1 is 1.41 bits per heavy atom. The van der Waals surface area contributed by atoms with Crippen molar-refractivity contribution in [3.63, 3.8) is 0 Å². The van der Waals surface area contributed by atoms with E-state index >= 15 is 0 Å². The lowest BCUT2D eigenvalue weighted by molar-refractivity contribution is 0.0574. The Bertz CT molecular complexity index is 789. The third kappa shape index (κ3) is 4.25. The van der Waals surface area contributed by atoms with Gasteiger partial charge in [0.15, 0.2) is 5.13 Å². The molecule has 2 heterocycles. The number of aromatic nitrogens is 1. The van der Waals surface area contributed by atoms with E-state index in [-0.39, 0.29) is 18.6 Å². The van der Waals surface area contributed by atoms with Gasteiger partial charge in [0.1, 0.15) is 5.75 Å². The number of piperidine rings is 1. The molecule has 1 aliphatic rings. The zero-order chi connectivity index (χ0) is 19.4. The molecule has 2 aromatic rings. The molecule has 0 bridgehead atoms. The highest BCUT2D eigenvalue weighted by Gasteiger charge is 2.27. The molecule has 1 N–H and O–H groups in total. The molecule has 3 rings (SSSR count). The summed E-state index contributed by atoms with van der Waals surface area (Å²) in [4.78, 5) is 21.7. The molecule has 0 aliphatic carbocycles. The van der Waals surface area contributed by atoms with E-state index in [4.69, 9.17) is 4.74 Å². The lowest BCUT2D eigenvalue weighted by atomic mass is 9.98. The molecule has 1 atom stereocenters. The van der Waals surface area contributed by atoms with Gasteiger partial charge in [0.2, 0.25) is 0 Å². The molecule has 146 valence electrons. The van der Waals surface area contributed by atoms with Gasteiger partial charge in [-0.05, 0) is 43.9 Å². The molecule has 27 heavy (non-hydrogen) atoms. The molecule has 1 aromatic heterocycles. The fraction of sp³-hybridized carbons (Fsp3) is 0.500. The highest BCUT2D eigenvalue weighted by molar-refractivity contribution is 7.14. The predicted molar refractivity (Wildman–Crippen MR) is 109 cm³/mol. The summed E-state index contributed by atoms with van der Waals surface area (Å²) in [5.74, 6) is 0.716. The summed E-state index contributed by atoms with van der Waals surface area (Å²) in [6.45, 7) is 0.848. The molecule has 0 spiro atoms. The molecule has 0 saturated carbocycles. The van der Waals surface area contributed by atoms with Crippen LogP contribution in [0.4, 0.5) is 5.13 Å². The van der Waals surface area contributed by atoms with Crippen LogP contribution in [-0.2, 0) is 0 Å². The number of aliphatic hydroxyl groups is 1. The number of amides is 1. The Morgan fingerprint density at radius 3 is 2.89 bits per heavy atom. The molecule has 1 saturated heterocycles. The highest BCUT2D eigenvalue weighted by Crippen LogP contribution is 2.34. The number of likely N-dealkylation sites (tertiary alicyclic amines) is 1. The average molecular weight is 390 g/mol. The summed E-state index contributed by atoms with van der Waals surface area (Å²) in [5, 5.41) is 12.2. The summed E-state index contributed by atoms with van der Waals surface area (Å²) in [5.41, 5.74) is 2.26. The smallest absolute Gasteiger partial charge is 0.254 e. The quantitative estimate of drug-likeness (QED) is 0.821. The minimum absolute atomic E-state index is 0.0140. The summed E-state index contributed by atoms with van der Waals surface area (Å²) in [6.07, 6.45) is 3.70. The van der Waals surface area contributed by atoms with Gasteiger partial charge in [-0.25, -0.2) is 4.98 Å². The van der Waals surface area contributed by atoms with E-state index in [1.807, 2.05) is 47.5 Å². The summed E-state index contributed by atoms with van der Waals surface area (Å²) in [6, 6.07) is 5.64. The van der Waals surface area contributed by atoms with Gasteiger partial charge in [0, 0.05) is 49.8 Å². The maximum atomic E-state index is 13.2. The summed E-state index contributed by atoms with van der Waals surface area (Å²) >= 11 is 1.56. The van der Waals surface area contributed by atoms with E-state index in [2.05, 4.69) is 4.98 Å². The van der Waals surface area contributed by atoms with Crippen LogP contribution in [0.5, 0.6) is 5.75 Å². The third-order valence-corrected chi connectivity index (χ3v) is 5.96. The molecular weight excluding hydrogens is 362 g/mol. The van der Waals surface area contributed by atoms with E-state index in [9.17, 15) is 9.90 Å². The third-order valence-electron chi connectivity index (χ3n) is 4.95. The molecule has 7 heteroatoms. The zero-order valence-corrected chi connectivity index (χ0v) is 17.0. The number of ether oxygens (including phenoxy) is 1. The molecule has 1 amide bonds. The second kappa shape index (κ2) is 8.71. The normalized spacial score (nSPS) is 17.0. The van der Waals surface area contributed by atoms with Crippen molar-refractivity contribution in [3.8, 4) is 17.0 Å². The second-order valence-electron chi connectivity index (χ2n) is 6.99. The Hall–Kier alpha value is -2.12. The van der Waals surface area contributed by atoms with Crippen LogP contribution in [0.25, 0.3) is 11.3 Å². The van der Waals surface area contributed by atoms with E-state index in [0.29, 0.717) is 17.7 Å². The maximum Gasteiger partial charge on any atom is 0.254 e. The van der Waals surface area contributed by atoms with Gasteiger partial charge in [-0.3, -0.25) is 4.79 Å². The van der Waals surface area contributed by atoms with Gasteiger partial charge in [0.05, 0.1) is 12.8 Å². The molecule has 1 unspecified atom stereocenters.